The van der Waals surface area contributed by atoms with Crippen LogP contribution in [-0.4, -0.2) is 28.5 Å². The number of aliphatic hydroxyl groups is 1. The van der Waals surface area contributed by atoms with E-state index in [1.54, 1.807) is 38.1 Å². The maximum Gasteiger partial charge on any atom is 0.287 e. The Kier molecular flexibility index (Phi) is 4.47. The van der Waals surface area contributed by atoms with Gasteiger partial charge in [-0.1, -0.05) is 0 Å². The summed E-state index contributed by atoms with van der Waals surface area (Å²) in [6, 6.07) is 7.39. The van der Waals surface area contributed by atoms with Crippen molar-refractivity contribution in [2.75, 3.05) is 0 Å². The highest BCUT2D eigenvalue weighted by atomic mass is 79.9. The molecule has 2 aromatic rings. The monoisotopic (exact) mass is 407 g/mol. The number of carbonyl (C=O) groups excluding carboxylic acids is 2. The predicted molar refractivity (Wildman–Crippen MR) is 93.8 cm³/mol. The average molecular weight is 408 g/mol. The lowest BCUT2D eigenvalue weighted by Crippen LogP contribution is -2.53. The fourth-order valence-corrected chi connectivity index (χ4v) is 3.13. The lowest BCUT2D eigenvalue weighted by molar-refractivity contribution is -0.0628. The molecule has 0 unspecified atom stereocenters. The first kappa shape index (κ1) is 17.7. The molecule has 0 saturated heterocycles. The molecular formula is C18H18BrNO5. The highest BCUT2D eigenvalue weighted by Gasteiger charge is 2.44. The van der Waals surface area contributed by atoms with Gasteiger partial charge in [0.2, 0.25) is 0 Å². The van der Waals surface area contributed by atoms with Crippen molar-refractivity contribution in [1.82, 2.24) is 5.32 Å². The topological polar surface area (TPSA) is 88.8 Å². The summed E-state index contributed by atoms with van der Waals surface area (Å²) in [4.78, 5) is 24.1. The smallest absolute Gasteiger partial charge is 0.287 e. The number of rotatable bonds is 3. The second kappa shape index (κ2) is 6.31. The number of hydrogen-bond acceptors (Lipinski definition) is 5. The van der Waals surface area contributed by atoms with Gasteiger partial charge in [0.05, 0.1) is 6.04 Å². The van der Waals surface area contributed by atoms with E-state index in [4.69, 9.17) is 9.15 Å². The van der Waals surface area contributed by atoms with Crippen LogP contribution in [0.3, 0.4) is 0 Å². The highest BCUT2D eigenvalue weighted by Crippen LogP contribution is 2.40. The number of ether oxygens (including phenoxy) is 1. The van der Waals surface area contributed by atoms with Crippen molar-refractivity contribution < 1.29 is 23.8 Å². The van der Waals surface area contributed by atoms with Crippen LogP contribution in [0.25, 0.3) is 0 Å². The molecule has 7 heteroatoms. The normalized spacial score (nSPS) is 21.2. The van der Waals surface area contributed by atoms with Crippen molar-refractivity contribution in [3.63, 3.8) is 0 Å². The zero-order valence-corrected chi connectivity index (χ0v) is 15.6. The summed E-state index contributed by atoms with van der Waals surface area (Å²) in [5.74, 6) is 0.0627. The second-order valence-corrected chi connectivity index (χ2v) is 7.30. The van der Waals surface area contributed by atoms with Crippen LogP contribution in [0.4, 0.5) is 0 Å². The van der Waals surface area contributed by atoms with Crippen molar-refractivity contribution >= 4 is 27.6 Å². The number of hydrogen-bond donors (Lipinski definition) is 2. The van der Waals surface area contributed by atoms with Crippen molar-refractivity contribution in [3.05, 3.63) is 51.9 Å². The lowest BCUT2D eigenvalue weighted by Gasteiger charge is -2.42. The summed E-state index contributed by atoms with van der Waals surface area (Å²) in [6.45, 7) is 4.93. The Morgan fingerprint density at radius 1 is 1.24 bits per heavy atom. The third kappa shape index (κ3) is 3.34. The van der Waals surface area contributed by atoms with Crippen LogP contribution in [0.1, 0.15) is 53.3 Å². The Hall–Kier alpha value is -2.12. The molecule has 2 N–H and O–H groups in total. The molecule has 0 aliphatic carbocycles. The van der Waals surface area contributed by atoms with E-state index in [2.05, 4.69) is 21.2 Å². The number of aliphatic hydroxyl groups excluding tert-OH is 1. The molecule has 1 amide bonds. The Morgan fingerprint density at radius 2 is 1.96 bits per heavy atom. The van der Waals surface area contributed by atoms with E-state index < -0.39 is 23.7 Å². The van der Waals surface area contributed by atoms with E-state index in [1.165, 1.54) is 13.0 Å². The van der Waals surface area contributed by atoms with Gasteiger partial charge in [0.1, 0.15) is 17.5 Å². The first-order valence-corrected chi connectivity index (χ1v) is 8.56. The average Bonchev–Trinajstić information content (AvgIpc) is 2.97. The maximum atomic E-state index is 12.5. The molecule has 6 nitrogen and oxygen atoms in total. The Morgan fingerprint density at radius 3 is 2.56 bits per heavy atom. The minimum Gasteiger partial charge on any atom is -0.485 e. The molecule has 0 saturated carbocycles. The third-order valence-corrected chi connectivity index (χ3v) is 4.66. The van der Waals surface area contributed by atoms with Gasteiger partial charge >= 0.3 is 0 Å². The largest absolute Gasteiger partial charge is 0.485 e. The summed E-state index contributed by atoms with van der Waals surface area (Å²) in [5, 5.41) is 13.5. The summed E-state index contributed by atoms with van der Waals surface area (Å²) in [7, 11) is 0. The minimum atomic E-state index is -1.01. The van der Waals surface area contributed by atoms with Gasteiger partial charge < -0.3 is 19.6 Å². The van der Waals surface area contributed by atoms with E-state index in [0.29, 0.717) is 21.5 Å². The van der Waals surface area contributed by atoms with Crippen LogP contribution >= 0.6 is 15.9 Å². The Bertz CT molecular complexity index is 842. The van der Waals surface area contributed by atoms with Crippen molar-refractivity contribution in [3.8, 4) is 5.75 Å². The molecular weight excluding hydrogens is 390 g/mol. The predicted octanol–water partition coefficient (Wildman–Crippen LogP) is 3.25. The molecule has 1 aromatic carbocycles. The number of ketones is 1. The number of furan rings is 1. The quantitative estimate of drug-likeness (QED) is 0.762. The van der Waals surface area contributed by atoms with E-state index >= 15 is 0 Å². The molecule has 1 aromatic heterocycles. The first-order valence-electron chi connectivity index (χ1n) is 7.77. The summed E-state index contributed by atoms with van der Waals surface area (Å²) in [5.41, 5.74) is 0.125. The number of amides is 1. The van der Waals surface area contributed by atoms with Crippen LogP contribution in [-0.2, 0) is 0 Å². The van der Waals surface area contributed by atoms with E-state index in [0.717, 1.165) is 0 Å². The van der Waals surface area contributed by atoms with Crippen LogP contribution in [0, 0.1) is 0 Å². The van der Waals surface area contributed by atoms with Crippen molar-refractivity contribution in [2.24, 2.45) is 0 Å². The first-order chi connectivity index (χ1) is 11.7. The second-order valence-electron chi connectivity index (χ2n) is 6.51. The lowest BCUT2D eigenvalue weighted by atomic mass is 9.85. The van der Waals surface area contributed by atoms with Crippen LogP contribution in [0.5, 0.6) is 5.75 Å². The van der Waals surface area contributed by atoms with Gasteiger partial charge in [-0.15, -0.1) is 0 Å². The zero-order chi connectivity index (χ0) is 18.4. The molecule has 0 radical (unpaired) electrons. The highest BCUT2D eigenvalue weighted by molar-refractivity contribution is 9.10. The number of fused-ring (bicyclic) bond motifs is 1. The standard InChI is InChI=1S/C18H18BrNO5/c1-9(21)10-4-5-12-11(8-10)15(16(22)18(2,3)25-12)20-17(23)13-6-7-14(19)24-13/h4-8,15-16,22H,1-3H3,(H,20,23)/t15-,16+/m0/s1. The molecule has 2 heterocycles. The van der Waals surface area contributed by atoms with Crippen LogP contribution < -0.4 is 10.1 Å². The zero-order valence-electron chi connectivity index (χ0n) is 14.0. The number of carbonyl (C=O) groups is 2. The maximum absolute atomic E-state index is 12.5. The molecule has 25 heavy (non-hydrogen) atoms. The Labute approximate surface area is 153 Å². The molecule has 1 aliphatic rings. The molecule has 1 aliphatic heterocycles. The van der Waals surface area contributed by atoms with Gasteiger partial charge in [0, 0.05) is 11.1 Å². The third-order valence-electron chi connectivity index (χ3n) is 4.24. The number of nitrogens with one attached hydrogen (secondary N) is 1. The SMILES string of the molecule is CC(=O)c1ccc2c(c1)[C@H](NC(=O)c1ccc(Br)o1)[C@@H](O)C(C)(C)O2. The van der Waals surface area contributed by atoms with E-state index in [-0.39, 0.29) is 11.5 Å². The Balaban J connectivity index is 2.00. The van der Waals surface area contributed by atoms with E-state index in [1.807, 2.05) is 0 Å². The van der Waals surface area contributed by atoms with Crippen molar-refractivity contribution in [2.45, 2.75) is 38.5 Å². The molecule has 0 fully saturated rings. The van der Waals surface area contributed by atoms with Gasteiger partial charge in [0.15, 0.2) is 16.2 Å². The van der Waals surface area contributed by atoms with Gasteiger partial charge in [0.25, 0.3) is 5.91 Å². The summed E-state index contributed by atoms with van der Waals surface area (Å²) in [6.07, 6.45) is -1.01. The molecule has 132 valence electrons. The van der Waals surface area contributed by atoms with Gasteiger partial charge in [-0.2, -0.15) is 0 Å². The molecule has 3 rings (SSSR count). The molecule has 2 atom stereocenters. The molecule has 0 bridgehead atoms. The number of benzene rings is 1. The minimum absolute atomic E-state index is 0.109. The van der Waals surface area contributed by atoms with Gasteiger partial charge in [-0.05, 0) is 67.0 Å². The fraction of sp³-hybridized carbons (Fsp3) is 0.333. The summed E-state index contributed by atoms with van der Waals surface area (Å²) >= 11 is 3.15. The van der Waals surface area contributed by atoms with E-state index in [9.17, 15) is 14.7 Å². The number of halogens is 1. The summed E-state index contributed by atoms with van der Waals surface area (Å²) < 4.78 is 11.5. The van der Waals surface area contributed by atoms with Gasteiger partial charge in [-0.25, -0.2) is 0 Å². The van der Waals surface area contributed by atoms with Crippen LogP contribution in [0.15, 0.2) is 39.4 Å². The van der Waals surface area contributed by atoms with Gasteiger partial charge in [-0.3, -0.25) is 9.59 Å². The number of Topliss-reactive ketones (excluding diaryl/α,β-unsaturated/α-hetero) is 1. The van der Waals surface area contributed by atoms with Crippen LogP contribution in [0.2, 0.25) is 0 Å². The fourth-order valence-electron chi connectivity index (χ4n) is 2.82. The molecule has 0 spiro atoms. The van der Waals surface area contributed by atoms with Crippen molar-refractivity contribution in [1.29, 1.82) is 0 Å².